The fourth-order valence-electron chi connectivity index (χ4n) is 1.43. The van der Waals surface area contributed by atoms with Gasteiger partial charge in [0, 0.05) is 6.42 Å². The Labute approximate surface area is 124 Å². The topological polar surface area (TPSA) is 92.7 Å². The molecule has 1 amide bonds. The van der Waals surface area contributed by atoms with Crippen molar-refractivity contribution < 1.29 is 24.2 Å². The van der Waals surface area contributed by atoms with Crippen LogP contribution in [0.5, 0.6) is 0 Å². The average Bonchev–Trinajstić information content (AvgIpc) is 2.74. The zero-order valence-electron chi connectivity index (χ0n) is 10.9. The summed E-state index contributed by atoms with van der Waals surface area (Å²) in [4.78, 5) is 34.3. The van der Waals surface area contributed by atoms with E-state index in [1.54, 1.807) is 12.3 Å². The highest BCUT2D eigenvalue weighted by Crippen LogP contribution is 2.27. The summed E-state index contributed by atoms with van der Waals surface area (Å²) in [6.07, 6.45) is -0.138. The number of ether oxygens (including phenoxy) is 1. The number of carbonyl (C=O) groups excluding carboxylic acids is 2. The van der Waals surface area contributed by atoms with Gasteiger partial charge in [0.15, 0.2) is 0 Å². The predicted molar refractivity (Wildman–Crippen MR) is 74.2 cm³/mol. The number of amides is 1. The van der Waals surface area contributed by atoms with E-state index < -0.39 is 23.9 Å². The quantitative estimate of drug-likeness (QED) is 0.780. The van der Waals surface area contributed by atoms with Crippen LogP contribution >= 0.6 is 22.9 Å². The van der Waals surface area contributed by atoms with Gasteiger partial charge in [-0.15, -0.1) is 11.3 Å². The number of esters is 1. The number of carboxylic acids is 1. The fraction of sp³-hybridized carbons (Fsp3) is 0.417. The second-order valence-electron chi connectivity index (χ2n) is 4.04. The first-order chi connectivity index (χ1) is 9.36. The Bertz CT molecular complexity index is 528. The maximum atomic E-state index is 11.9. The number of hydrogen-bond acceptors (Lipinski definition) is 5. The molecule has 0 radical (unpaired) electrons. The van der Waals surface area contributed by atoms with E-state index in [9.17, 15) is 14.4 Å². The molecule has 20 heavy (non-hydrogen) atoms. The molecule has 6 nitrogen and oxygen atoms in total. The van der Waals surface area contributed by atoms with Gasteiger partial charge in [-0.3, -0.25) is 9.59 Å². The first kappa shape index (κ1) is 16.5. The van der Waals surface area contributed by atoms with Crippen molar-refractivity contribution in [1.82, 2.24) is 5.32 Å². The van der Waals surface area contributed by atoms with E-state index in [1.165, 1.54) is 7.11 Å². The summed E-state index contributed by atoms with van der Waals surface area (Å²) in [5.74, 6) is -2.31. The lowest BCUT2D eigenvalue weighted by Crippen LogP contribution is -2.41. The summed E-state index contributed by atoms with van der Waals surface area (Å²) in [7, 11) is 1.21. The number of hydrogen-bond donors (Lipinski definition) is 2. The Hall–Kier alpha value is -1.60. The van der Waals surface area contributed by atoms with Gasteiger partial charge >= 0.3 is 11.9 Å². The monoisotopic (exact) mass is 319 g/mol. The van der Waals surface area contributed by atoms with Crippen molar-refractivity contribution in [3.05, 3.63) is 20.8 Å². The lowest BCUT2D eigenvalue weighted by molar-refractivity contribution is -0.142. The van der Waals surface area contributed by atoms with Crippen LogP contribution in [0.1, 0.15) is 28.1 Å². The molecule has 110 valence electrons. The van der Waals surface area contributed by atoms with Crippen LogP contribution in [0.3, 0.4) is 0 Å². The smallest absolute Gasteiger partial charge is 0.326 e. The maximum Gasteiger partial charge on any atom is 0.326 e. The van der Waals surface area contributed by atoms with Crippen molar-refractivity contribution >= 4 is 40.8 Å². The molecule has 0 aromatic carbocycles. The SMILES string of the molecule is COC(=O)CC[C@@H](NC(=O)c1scc(C)c1Cl)C(=O)O. The number of methoxy groups -OCH3 is 1. The van der Waals surface area contributed by atoms with Gasteiger partial charge in [0.2, 0.25) is 0 Å². The number of thiophene rings is 1. The van der Waals surface area contributed by atoms with Crippen molar-refractivity contribution in [3.63, 3.8) is 0 Å². The molecule has 0 bridgehead atoms. The number of rotatable bonds is 6. The number of carboxylic acid groups (broad SMARTS) is 1. The molecule has 1 rings (SSSR count). The molecule has 1 aromatic rings. The van der Waals surface area contributed by atoms with Crippen LogP contribution in [0.4, 0.5) is 0 Å². The predicted octanol–water partition coefficient (Wildman–Crippen LogP) is 1.85. The molecule has 0 spiro atoms. The van der Waals surface area contributed by atoms with E-state index in [2.05, 4.69) is 10.1 Å². The Morgan fingerprint density at radius 3 is 2.60 bits per heavy atom. The van der Waals surface area contributed by atoms with Crippen LogP contribution in [0.15, 0.2) is 5.38 Å². The van der Waals surface area contributed by atoms with Gasteiger partial charge in [0.1, 0.15) is 10.9 Å². The third kappa shape index (κ3) is 4.21. The molecular formula is C12H14ClNO5S. The molecule has 0 saturated carbocycles. The number of nitrogens with one attached hydrogen (secondary N) is 1. The molecule has 0 aliphatic heterocycles. The van der Waals surface area contributed by atoms with Gasteiger partial charge in [-0.2, -0.15) is 0 Å². The van der Waals surface area contributed by atoms with Crippen LogP contribution in [0, 0.1) is 6.92 Å². The van der Waals surface area contributed by atoms with Crippen molar-refractivity contribution in [2.24, 2.45) is 0 Å². The van der Waals surface area contributed by atoms with E-state index in [0.29, 0.717) is 5.02 Å². The molecule has 0 saturated heterocycles. The van der Waals surface area contributed by atoms with Gasteiger partial charge in [-0.05, 0) is 24.3 Å². The van der Waals surface area contributed by atoms with Crippen LogP contribution in [-0.2, 0) is 14.3 Å². The average molecular weight is 320 g/mol. The Morgan fingerprint density at radius 1 is 1.50 bits per heavy atom. The molecule has 1 atom stereocenters. The highest BCUT2D eigenvalue weighted by atomic mass is 35.5. The number of aryl methyl sites for hydroxylation is 1. The molecule has 2 N–H and O–H groups in total. The third-order valence-electron chi connectivity index (χ3n) is 2.57. The van der Waals surface area contributed by atoms with Gasteiger partial charge in [0.25, 0.3) is 5.91 Å². The van der Waals surface area contributed by atoms with Gasteiger partial charge < -0.3 is 15.2 Å². The van der Waals surface area contributed by atoms with Gasteiger partial charge in [-0.25, -0.2) is 4.79 Å². The highest BCUT2D eigenvalue weighted by molar-refractivity contribution is 7.13. The van der Waals surface area contributed by atoms with Crippen LogP contribution in [0.25, 0.3) is 0 Å². The Kier molecular flexibility index (Phi) is 5.97. The summed E-state index contributed by atoms with van der Waals surface area (Å²) in [6.45, 7) is 1.75. The molecule has 0 fully saturated rings. The van der Waals surface area contributed by atoms with E-state index in [4.69, 9.17) is 16.7 Å². The number of aliphatic carboxylic acids is 1. The summed E-state index contributed by atoms with van der Waals surface area (Å²) >= 11 is 7.08. The Morgan fingerprint density at radius 2 is 2.15 bits per heavy atom. The van der Waals surface area contributed by atoms with E-state index in [0.717, 1.165) is 16.9 Å². The largest absolute Gasteiger partial charge is 0.480 e. The molecule has 1 heterocycles. The first-order valence-corrected chi connectivity index (χ1v) is 6.96. The van der Waals surface area contributed by atoms with Crippen molar-refractivity contribution in [3.8, 4) is 0 Å². The lowest BCUT2D eigenvalue weighted by Gasteiger charge is -2.13. The summed E-state index contributed by atoms with van der Waals surface area (Å²) in [5, 5.41) is 13.4. The minimum Gasteiger partial charge on any atom is -0.480 e. The second-order valence-corrected chi connectivity index (χ2v) is 5.30. The first-order valence-electron chi connectivity index (χ1n) is 5.70. The molecule has 1 aromatic heterocycles. The highest BCUT2D eigenvalue weighted by Gasteiger charge is 2.24. The molecular weight excluding hydrogens is 306 g/mol. The minimum absolute atomic E-state index is 0.0459. The van der Waals surface area contributed by atoms with Crippen LogP contribution in [0.2, 0.25) is 5.02 Å². The van der Waals surface area contributed by atoms with Crippen molar-refractivity contribution in [2.45, 2.75) is 25.8 Å². The van der Waals surface area contributed by atoms with Gasteiger partial charge in [0.05, 0.1) is 12.1 Å². The molecule has 0 aliphatic carbocycles. The number of carbonyl (C=O) groups is 3. The lowest BCUT2D eigenvalue weighted by atomic mass is 10.1. The van der Waals surface area contributed by atoms with E-state index in [-0.39, 0.29) is 17.7 Å². The van der Waals surface area contributed by atoms with Crippen LogP contribution < -0.4 is 5.32 Å². The third-order valence-corrected chi connectivity index (χ3v) is 4.27. The van der Waals surface area contributed by atoms with Gasteiger partial charge in [-0.1, -0.05) is 11.6 Å². The fourth-order valence-corrected chi connectivity index (χ4v) is 2.61. The van der Waals surface area contributed by atoms with Crippen molar-refractivity contribution in [2.75, 3.05) is 7.11 Å². The van der Waals surface area contributed by atoms with Crippen molar-refractivity contribution in [1.29, 1.82) is 0 Å². The molecule has 0 unspecified atom stereocenters. The summed E-state index contributed by atoms with van der Waals surface area (Å²) in [6, 6.07) is -1.17. The molecule has 0 aliphatic rings. The number of halogens is 1. The van der Waals surface area contributed by atoms with E-state index in [1.807, 2.05) is 0 Å². The van der Waals surface area contributed by atoms with Crippen LogP contribution in [-0.4, -0.2) is 36.1 Å². The minimum atomic E-state index is -1.22. The normalized spacial score (nSPS) is 11.8. The Balaban J connectivity index is 2.71. The summed E-state index contributed by atoms with van der Waals surface area (Å²) < 4.78 is 4.43. The second kappa shape index (κ2) is 7.25. The zero-order valence-corrected chi connectivity index (χ0v) is 12.5. The maximum absolute atomic E-state index is 11.9. The zero-order chi connectivity index (χ0) is 15.3. The summed E-state index contributed by atoms with van der Waals surface area (Å²) in [5.41, 5.74) is 0.753. The van der Waals surface area contributed by atoms with E-state index >= 15 is 0 Å². The molecule has 8 heteroatoms. The standard InChI is InChI=1S/C12H14ClNO5S/c1-6-5-20-10(9(6)13)11(16)14-7(12(17)18)3-4-8(15)19-2/h5,7H,3-4H2,1-2H3,(H,14,16)(H,17,18)/t7-/m1/s1.